The van der Waals surface area contributed by atoms with Crippen LogP contribution in [0.15, 0.2) is 42.5 Å². The van der Waals surface area contributed by atoms with Crippen molar-refractivity contribution in [3.8, 4) is 11.5 Å². The van der Waals surface area contributed by atoms with Crippen molar-refractivity contribution in [3.63, 3.8) is 0 Å². The van der Waals surface area contributed by atoms with Crippen LogP contribution in [0.4, 0.5) is 0 Å². The molecule has 2 aromatic carbocycles. The normalized spacial score (nSPS) is 10.5. The van der Waals surface area contributed by atoms with Gasteiger partial charge in [-0.25, -0.2) is 9.59 Å². The number of fused-ring (bicyclic) bond motifs is 1. The number of hydrogen-bond donors (Lipinski definition) is 0. The third kappa shape index (κ3) is 3.31. The molecule has 0 N–H and O–H groups in total. The number of hydrogen-bond acceptors (Lipinski definition) is 6. The van der Waals surface area contributed by atoms with E-state index in [0.717, 1.165) is 10.1 Å². The molecule has 0 aliphatic heterocycles. The lowest BCUT2D eigenvalue weighted by Crippen LogP contribution is -2.09. The highest BCUT2D eigenvalue weighted by Gasteiger charge is 2.21. The van der Waals surface area contributed by atoms with Gasteiger partial charge in [-0.15, -0.1) is 11.3 Å². The Bertz CT molecular complexity index is 963. The molecule has 5 nitrogen and oxygen atoms in total. The minimum absolute atomic E-state index is 0.189. The van der Waals surface area contributed by atoms with Crippen molar-refractivity contribution >= 4 is 45.0 Å². The molecule has 0 fully saturated rings. The first-order valence-corrected chi connectivity index (χ1v) is 8.40. The number of rotatable bonds is 4. The minimum Gasteiger partial charge on any atom is -0.493 e. The molecule has 0 radical (unpaired) electrons. The molecular formula is C18H13ClO5S. The molecule has 0 saturated carbocycles. The van der Waals surface area contributed by atoms with Crippen molar-refractivity contribution in [2.45, 2.75) is 0 Å². The number of ether oxygens (including phenoxy) is 3. The lowest BCUT2D eigenvalue weighted by atomic mass is 10.2. The maximum Gasteiger partial charge on any atom is 0.355 e. The highest BCUT2D eigenvalue weighted by atomic mass is 35.5. The zero-order valence-corrected chi connectivity index (χ0v) is 14.9. The Kier molecular flexibility index (Phi) is 4.92. The van der Waals surface area contributed by atoms with E-state index in [-0.39, 0.29) is 11.5 Å². The van der Waals surface area contributed by atoms with Gasteiger partial charge in [0.1, 0.15) is 4.88 Å². The van der Waals surface area contributed by atoms with Crippen molar-refractivity contribution in [3.05, 3.63) is 57.9 Å². The first-order valence-electron chi connectivity index (χ1n) is 7.20. The lowest BCUT2D eigenvalue weighted by molar-refractivity contribution is 0.0600. The lowest BCUT2D eigenvalue weighted by Gasteiger charge is -2.10. The van der Waals surface area contributed by atoms with Crippen LogP contribution in [0.5, 0.6) is 11.5 Å². The predicted octanol–water partition coefficient (Wildman–Crippen LogP) is 4.57. The second-order valence-corrected chi connectivity index (χ2v) is 6.42. The molecule has 0 spiro atoms. The van der Waals surface area contributed by atoms with Crippen LogP contribution in [-0.4, -0.2) is 26.2 Å². The molecule has 0 unspecified atom stereocenters. The summed E-state index contributed by atoms with van der Waals surface area (Å²) in [4.78, 5) is 24.4. The van der Waals surface area contributed by atoms with Crippen LogP contribution < -0.4 is 9.47 Å². The zero-order chi connectivity index (χ0) is 18.0. The van der Waals surface area contributed by atoms with Crippen LogP contribution >= 0.6 is 22.9 Å². The van der Waals surface area contributed by atoms with E-state index in [1.807, 2.05) is 24.3 Å². The van der Waals surface area contributed by atoms with Crippen LogP contribution in [0.2, 0.25) is 5.02 Å². The molecule has 1 aromatic heterocycles. The summed E-state index contributed by atoms with van der Waals surface area (Å²) in [7, 11) is 2.70. The first kappa shape index (κ1) is 17.3. The van der Waals surface area contributed by atoms with E-state index in [1.165, 1.54) is 43.8 Å². The second kappa shape index (κ2) is 7.13. The summed E-state index contributed by atoms with van der Waals surface area (Å²) >= 11 is 7.55. The van der Waals surface area contributed by atoms with Crippen molar-refractivity contribution in [2.75, 3.05) is 14.2 Å². The van der Waals surface area contributed by atoms with E-state index in [2.05, 4.69) is 4.74 Å². The summed E-state index contributed by atoms with van der Waals surface area (Å²) in [6.07, 6.45) is 0. The smallest absolute Gasteiger partial charge is 0.355 e. The largest absolute Gasteiger partial charge is 0.493 e. The number of benzene rings is 2. The molecule has 3 aromatic rings. The van der Waals surface area contributed by atoms with Crippen molar-refractivity contribution in [1.29, 1.82) is 0 Å². The fraction of sp³-hybridized carbons (Fsp3) is 0.111. The SMILES string of the molecule is COC(=O)c1ccc(OC(=O)c2sc3ccccc3c2Cl)c(OC)c1. The summed E-state index contributed by atoms with van der Waals surface area (Å²) in [6.45, 7) is 0. The summed E-state index contributed by atoms with van der Waals surface area (Å²) in [5.74, 6) is -0.666. The van der Waals surface area contributed by atoms with E-state index in [4.69, 9.17) is 21.1 Å². The third-order valence-electron chi connectivity index (χ3n) is 3.51. The second-order valence-electron chi connectivity index (χ2n) is 4.99. The Morgan fingerprint density at radius 3 is 2.44 bits per heavy atom. The van der Waals surface area contributed by atoms with Crippen molar-refractivity contribution in [1.82, 2.24) is 0 Å². The Morgan fingerprint density at radius 2 is 1.76 bits per heavy atom. The Labute approximate surface area is 152 Å². The minimum atomic E-state index is -0.588. The fourth-order valence-corrected chi connectivity index (χ4v) is 3.67. The van der Waals surface area contributed by atoms with Crippen LogP contribution in [0.3, 0.4) is 0 Å². The van der Waals surface area contributed by atoms with Gasteiger partial charge in [0.2, 0.25) is 0 Å². The van der Waals surface area contributed by atoms with E-state index >= 15 is 0 Å². The van der Waals surface area contributed by atoms with Crippen molar-refractivity contribution < 1.29 is 23.8 Å². The average Bonchev–Trinajstić information content (AvgIpc) is 2.98. The highest BCUT2D eigenvalue weighted by Crippen LogP contribution is 2.37. The molecule has 0 aliphatic rings. The Hall–Kier alpha value is -2.57. The Balaban J connectivity index is 1.92. The van der Waals surface area contributed by atoms with Gasteiger partial charge in [-0.2, -0.15) is 0 Å². The monoisotopic (exact) mass is 376 g/mol. The summed E-state index contributed by atoms with van der Waals surface area (Å²) < 4.78 is 16.2. The molecule has 0 amide bonds. The average molecular weight is 377 g/mol. The molecule has 0 aliphatic carbocycles. The number of esters is 2. The van der Waals surface area contributed by atoms with Crippen LogP contribution in [0, 0.1) is 0 Å². The fourth-order valence-electron chi connectivity index (χ4n) is 2.29. The number of halogens is 1. The van der Waals surface area contributed by atoms with E-state index in [1.54, 1.807) is 0 Å². The third-order valence-corrected chi connectivity index (χ3v) is 5.16. The van der Waals surface area contributed by atoms with Gasteiger partial charge >= 0.3 is 11.9 Å². The first-order chi connectivity index (χ1) is 12.0. The molecule has 1 heterocycles. The molecule has 25 heavy (non-hydrogen) atoms. The van der Waals surface area contributed by atoms with Gasteiger partial charge in [0.15, 0.2) is 11.5 Å². The quantitative estimate of drug-likeness (QED) is 0.493. The summed E-state index contributed by atoms with van der Waals surface area (Å²) in [5, 5.41) is 1.16. The van der Waals surface area contributed by atoms with Gasteiger partial charge in [-0.3, -0.25) is 0 Å². The predicted molar refractivity (Wildman–Crippen MR) is 96.1 cm³/mol. The van der Waals surface area contributed by atoms with Gasteiger partial charge in [0.05, 0.1) is 24.8 Å². The summed E-state index contributed by atoms with van der Waals surface area (Å²) in [6, 6.07) is 11.9. The molecule has 7 heteroatoms. The molecule has 128 valence electrons. The number of carbonyl (C=O) groups excluding carboxylic acids is 2. The number of thiophene rings is 1. The van der Waals surface area contributed by atoms with Gasteiger partial charge in [0.25, 0.3) is 0 Å². The zero-order valence-electron chi connectivity index (χ0n) is 13.4. The maximum absolute atomic E-state index is 12.5. The van der Waals surface area contributed by atoms with Crippen LogP contribution in [0.25, 0.3) is 10.1 Å². The number of carbonyl (C=O) groups is 2. The van der Waals surface area contributed by atoms with Gasteiger partial charge in [-0.1, -0.05) is 29.8 Å². The molecule has 0 atom stereocenters. The highest BCUT2D eigenvalue weighted by molar-refractivity contribution is 7.21. The van der Waals surface area contributed by atoms with E-state index < -0.39 is 11.9 Å². The van der Waals surface area contributed by atoms with E-state index in [9.17, 15) is 9.59 Å². The summed E-state index contributed by atoms with van der Waals surface area (Å²) in [5.41, 5.74) is 0.291. The molecule has 3 rings (SSSR count). The van der Waals surface area contributed by atoms with Crippen LogP contribution in [-0.2, 0) is 4.74 Å². The van der Waals surface area contributed by atoms with Crippen LogP contribution in [0.1, 0.15) is 20.0 Å². The molecular weight excluding hydrogens is 364 g/mol. The van der Waals surface area contributed by atoms with E-state index in [0.29, 0.717) is 15.5 Å². The standard InChI is InChI=1S/C18H13ClO5S/c1-22-13-9-10(17(20)23-2)7-8-12(13)24-18(21)16-15(19)11-5-3-4-6-14(11)25-16/h3-9H,1-2H3. The van der Waals surface area contributed by atoms with Gasteiger partial charge < -0.3 is 14.2 Å². The van der Waals surface area contributed by atoms with Gasteiger partial charge in [0, 0.05) is 10.1 Å². The topological polar surface area (TPSA) is 61.8 Å². The number of methoxy groups -OCH3 is 2. The Morgan fingerprint density at radius 1 is 1.00 bits per heavy atom. The molecule has 0 bridgehead atoms. The maximum atomic E-state index is 12.5. The van der Waals surface area contributed by atoms with Gasteiger partial charge in [-0.05, 0) is 24.3 Å². The molecule has 0 saturated heterocycles. The van der Waals surface area contributed by atoms with Crippen molar-refractivity contribution in [2.24, 2.45) is 0 Å².